The highest BCUT2D eigenvalue weighted by Crippen LogP contribution is 2.34. The van der Waals surface area contributed by atoms with Crippen molar-refractivity contribution >= 4 is 0 Å². The Hall–Kier alpha value is -3.61. The molecule has 0 aromatic heterocycles. The van der Waals surface area contributed by atoms with Crippen LogP contribution in [0.2, 0.25) is 0 Å². The Bertz CT molecular complexity index is 1380. The maximum Gasteiger partial charge on any atom is 0.201 e. The molecule has 0 amide bonds. The lowest BCUT2D eigenvalue weighted by molar-refractivity contribution is 0.166. The molecule has 190 valence electrons. The number of epoxide rings is 1. The highest BCUT2D eigenvalue weighted by molar-refractivity contribution is 5.66. The van der Waals surface area contributed by atoms with E-state index in [1.807, 2.05) is 37.3 Å². The largest absolute Gasteiger partial charge is 0.486 e. The van der Waals surface area contributed by atoms with Gasteiger partial charge in [0.15, 0.2) is 11.6 Å². The Morgan fingerprint density at radius 1 is 0.865 bits per heavy atom. The molecule has 0 saturated carbocycles. The van der Waals surface area contributed by atoms with E-state index in [9.17, 15) is 18.3 Å². The average molecular weight is 505 g/mol. The summed E-state index contributed by atoms with van der Waals surface area (Å²) in [5, 5.41) is 10.1. The summed E-state index contributed by atoms with van der Waals surface area (Å²) in [6.07, 6.45) is 0.769. The molecule has 1 aliphatic heterocycles. The molecule has 0 aliphatic carbocycles. The van der Waals surface area contributed by atoms with E-state index in [-0.39, 0.29) is 29.8 Å². The van der Waals surface area contributed by atoms with E-state index in [1.165, 1.54) is 18.2 Å². The van der Waals surface area contributed by atoms with Crippen LogP contribution in [-0.2, 0) is 11.3 Å². The Labute approximate surface area is 214 Å². The maximum atomic E-state index is 14.9. The van der Waals surface area contributed by atoms with E-state index in [0.717, 1.165) is 28.7 Å². The fourth-order valence-corrected chi connectivity index (χ4v) is 4.34. The van der Waals surface area contributed by atoms with Gasteiger partial charge >= 0.3 is 0 Å². The molecule has 2 unspecified atom stereocenters. The Kier molecular flexibility index (Phi) is 7.31. The number of hydrogen-bond acceptors (Lipinski definition) is 3. The van der Waals surface area contributed by atoms with Crippen LogP contribution in [0.3, 0.4) is 0 Å². The summed E-state index contributed by atoms with van der Waals surface area (Å²) < 4.78 is 54.7. The van der Waals surface area contributed by atoms with Gasteiger partial charge in [-0.1, -0.05) is 74.0 Å². The lowest BCUT2D eigenvalue weighted by Gasteiger charge is -2.13. The summed E-state index contributed by atoms with van der Waals surface area (Å²) in [6, 6.07) is 22.1. The summed E-state index contributed by atoms with van der Waals surface area (Å²) >= 11 is 0. The molecule has 6 heteroatoms. The molecule has 3 nitrogen and oxygen atoms in total. The van der Waals surface area contributed by atoms with Gasteiger partial charge in [0, 0.05) is 11.1 Å². The van der Waals surface area contributed by atoms with E-state index in [1.54, 1.807) is 30.3 Å². The van der Waals surface area contributed by atoms with Crippen LogP contribution >= 0.6 is 0 Å². The summed E-state index contributed by atoms with van der Waals surface area (Å²) in [4.78, 5) is 0. The molecule has 1 aliphatic rings. The van der Waals surface area contributed by atoms with Gasteiger partial charge in [0.25, 0.3) is 0 Å². The SMILES string of the molecule is CCCC(O)c1ccc(-c2ccc(OCc3ccc(-c4ccc(C5CO5)c(F)c4)cc3)c(F)c2F)cc1. The van der Waals surface area contributed by atoms with Crippen LogP contribution in [0.5, 0.6) is 5.75 Å². The maximum absolute atomic E-state index is 14.9. The Morgan fingerprint density at radius 2 is 1.54 bits per heavy atom. The van der Waals surface area contributed by atoms with Gasteiger partial charge in [0.1, 0.15) is 18.5 Å². The zero-order valence-corrected chi connectivity index (χ0v) is 20.4. The number of hydrogen-bond donors (Lipinski definition) is 1. The average Bonchev–Trinajstić information content (AvgIpc) is 3.75. The molecule has 1 heterocycles. The van der Waals surface area contributed by atoms with Crippen molar-refractivity contribution in [1.29, 1.82) is 0 Å². The lowest BCUT2D eigenvalue weighted by atomic mass is 9.99. The van der Waals surface area contributed by atoms with E-state index >= 15 is 0 Å². The van der Waals surface area contributed by atoms with Gasteiger partial charge < -0.3 is 14.6 Å². The number of ether oxygens (including phenoxy) is 2. The van der Waals surface area contributed by atoms with Crippen molar-refractivity contribution in [2.75, 3.05) is 6.61 Å². The van der Waals surface area contributed by atoms with Crippen molar-refractivity contribution < 1.29 is 27.8 Å². The highest BCUT2D eigenvalue weighted by atomic mass is 19.2. The van der Waals surface area contributed by atoms with Crippen molar-refractivity contribution in [3.05, 3.63) is 113 Å². The molecular weight excluding hydrogens is 477 g/mol. The van der Waals surface area contributed by atoms with Gasteiger partial charge in [0.05, 0.1) is 12.7 Å². The number of aliphatic hydroxyl groups is 1. The Morgan fingerprint density at radius 3 is 2.19 bits per heavy atom. The second-order valence-electron chi connectivity index (χ2n) is 9.21. The molecule has 37 heavy (non-hydrogen) atoms. The van der Waals surface area contributed by atoms with Crippen LogP contribution in [0.15, 0.2) is 78.9 Å². The van der Waals surface area contributed by atoms with Crippen LogP contribution in [0.1, 0.15) is 48.7 Å². The van der Waals surface area contributed by atoms with Crippen LogP contribution in [0.25, 0.3) is 22.3 Å². The van der Waals surface area contributed by atoms with Gasteiger partial charge in [-0.2, -0.15) is 4.39 Å². The highest BCUT2D eigenvalue weighted by Gasteiger charge is 2.27. The van der Waals surface area contributed by atoms with E-state index in [0.29, 0.717) is 24.2 Å². The summed E-state index contributed by atoms with van der Waals surface area (Å²) in [5.41, 5.74) is 4.28. The molecule has 0 spiro atoms. The normalized spacial score (nSPS) is 15.4. The monoisotopic (exact) mass is 504 g/mol. The summed E-state index contributed by atoms with van der Waals surface area (Å²) in [6.45, 7) is 2.59. The van der Waals surface area contributed by atoms with E-state index in [4.69, 9.17) is 9.47 Å². The van der Waals surface area contributed by atoms with Crippen LogP contribution in [0.4, 0.5) is 13.2 Å². The number of rotatable bonds is 9. The van der Waals surface area contributed by atoms with E-state index in [2.05, 4.69) is 0 Å². The van der Waals surface area contributed by atoms with Crippen molar-refractivity contribution in [1.82, 2.24) is 0 Å². The third-order valence-electron chi connectivity index (χ3n) is 6.58. The number of aliphatic hydroxyl groups excluding tert-OH is 1. The molecule has 1 fully saturated rings. The third kappa shape index (κ3) is 5.55. The first kappa shape index (κ1) is 25.1. The molecule has 0 bridgehead atoms. The minimum Gasteiger partial charge on any atom is -0.486 e. The molecule has 0 radical (unpaired) electrons. The van der Waals surface area contributed by atoms with Crippen molar-refractivity contribution in [2.24, 2.45) is 0 Å². The minimum atomic E-state index is -1.06. The molecule has 5 rings (SSSR count). The lowest BCUT2D eigenvalue weighted by Crippen LogP contribution is -2.01. The van der Waals surface area contributed by atoms with Gasteiger partial charge in [0.2, 0.25) is 5.82 Å². The smallest absolute Gasteiger partial charge is 0.201 e. The van der Waals surface area contributed by atoms with Gasteiger partial charge in [-0.25, -0.2) is 8.78 Å². The fourth-order valence-electron chi connectivity index (χ4n) is 4.34. The molecular formula is C31H27F3O3. The molecule has 1 saturated heterocycles. The van der Waals surface area contributed by atoms with Gasteiger partial charge in [-0.3, -0.25) is 0 Å². The van der Waals surface area contributed by atoms with Crippen molar-refractivity contribution in [2.45, 2.75) is 38.6 Å². The standard InChI is InChI=1S/C31H27F3O3/c1-2-3-27(35)22-10-8-21(9-11-22)24-14-15-28(31(34)30(24)33)36-17-19-4-6-20(7-5-19)23-12-13-25(26(32)16-23)29-18-37-29/h4-16,27,29,35H,2-3,17-18H2,1H3. The number of halogens is 3. The zero-order valence-electron chi connectivity index (χ0n) is 20.4. The first-order valence-electron chi connectivity index (χ1n) is 12.3. The molecule has 4 aromatic carbocycles. The third-order valence-corrected chi connectivity index (χ3v) is 6.58. The van der Waals surface area contributed by atoms with Crippen molar-refractivity contribution in [3.63, 3.8) is 0 Å². The molecule has 2 atom stereocenters. The van der Waals surface area contributed by atoms with Crippen molar-refractivity contribution in [3.8, 4) is 28.0 Å². The summed E-state index contributed by atoms with van der Waals surface area (Å²) in [5.74, 6) is -2.52. The van der Waals surface area contributed by atoms with Crippen LogP contribution < -0.4 is 4.74 Å². The van der Waals surface area contributed by atoms with Crippen LogP contribution in [-0.4, -0.2) is 11.7 Å². The fraction of sp³-hybridized carbons (Fsp3) is 0.226. The second kappa shape index (κ2) is 10.8. The second-order valence-corrected chi connectivity index (χ2v) is 9.21. The minimum absolute atomic E-state index is 0.0479. The quantitative estimate of drug-likeness (QED) is 0.235. The van der Waals surface area contributed by atoms with E-state index < -0.39 is 17.7 Å². The number of benzene rings is 4. The van der Waals surface area contributed by atoms with Gasteiger partial charge in [-0.15, -0.1) is 0 Å². The topological polar surface area (TPSA) is 42.0 Å². The predicted molar refractivity (Wildman–Crippen MR) is 137 cm³/mol. The van der Waals surface area contributed by atoms with Crippen LogP contribution in [0, 0.1) is 17.5 Å². The van der Waals surface area contributed by atoms with Gasteiger partial charge in [-0.05, 0) is 52.4 Å². The first-order chi connectivity index (χ1) is 17.9. The Balaban J connectivity index is 1.25. The first-order valence-corrected chi connectivity index (χ1v) is 12.3. The molecule has 4 aromatic rings. The summed E-state index contributed by atoms with van der Waals surface area (Å²) in [7, 11) is 0. The predicted octanol–water partition coefficient (Wildman–Crippen LogP) is 7.92. The zero-order chi connectivity index (χ0) is 25.9. The molecule has 1 N–H and O–H groups in total.